The maximum absolute atomic E-state index is 12.7. The SMILES string of the molecule is CNS(=O)(=O)c1cccc(CNC(=O)C2CNNC2c2ccc(Cl)cc2)c1. The Balaban J connectivity index is 1.67. The highest BCUT2D eigenvalue weighted by atomic mass is 35.5. The van der Waals surface area contributed by atoms with Gasteiger partial charge in [0.25, 0.3) is 0 Å². The molecule has 7 nitrogen and oxygen atoms in total. The molecule has 3 rings (SSSR count). The fraction of sp³-hybridized carbons (Fsp3) is 0.278. The molecule has 2 aromatic rings. The number of carbonyl (C=O) groups excluding carboxylic acids is 1. The maximum Gasteiger partial charge on any atom is 0.240 e. The molecule has 1 heterocycles. The van der Waals surface area contributed by atoms with E-state index in [1.54, 1.807) is 30.3 Å². The number of sulfonamides is 1. The van der Waals surface area contributed by atoms with E-state index >= 15 is 0 Å². The average Bonchev–Trinajstić information content (AvgIpc) is 3.17. The van der Waals surface area contributed by atoms with Crippen LogP contribution in [0.2, 0.25) is 5.02 Å². The normalized spacial score (nSPS) is 19.8. The fourth-order valence-corrected chi connectivity index (χ4v) is 3.91. The molecule has 0 bridgehead atoms. The Morgan fingerprint density at radius 1 is 1.22 bits per heavy atom. The van der Waals surface area contributed by atoms with Gasteiger partial charge in [0.05, 0.1) is 16.9 Å². The summed E-state index contributed by atoms with van der Waals surface area (Å²) in [5, 5.41) is 3.53. The first-order valence-corrected chi connectivity index (χ1v) is 10.3. The van der Waals surface area contributed by atoms with Crippen LogP contribution < -0.4 is 20.9 Å². The zero-order valence-electron chi connectivity index (χ0n) is 14.7. The molecule has 2 atom stereocenters. The molecule has 0 aliphatic carbocycles. The molecule has 1 aliphatic heterocycles. The summed E-state index contributed by atoms with van der Waals surface area (Å²) in [5.74, 6) is -0.412. The van der Waals surface area contributed by atoms with E-state index in [9.17, 15) is 13.2 Å². The van der Waals surface area contributed by atoms with E-state index in [1.165, 1.54) is 13.1 Å². The minimum Gasteiger partial charge on any atom is -0.352 e. The van der Waals surface area contributed by atoms with Gasteiger partial charge in [-0.1, -0.05) is 35.9 Å². The summed E-state index contributed by atoms with van der Waals surface area (Å²) in [6.07, 6.45) is 0. The average molecular weight is 409 g/mol. The molecule has 27 heavy (non-hydrogen) atoms. The van der Waals surface area contributed by atoms with Crippen LogP contribution in [0.4, 0.5) is 0 Å². The van der Waals surface area contributed by atoms with Crippen LogP contribution >= 0.6 is 11.6 Å². The zero-order chi connectivity index (χ0) is 19.4. The molecule has 1 aliphatic rings. The van der Waals surface area contributed by atoms with E-state index in [2.05, 4.69) is 20.9 Å². The lowest BCUT2D eigenvalue weighted by molar-refractivity contribution is -0.125. The summed E-state index contributed by atoms with van der Waals surface area (Å²) in [6, 6.07) is 13.7. The standard InChI is InChI=1S/C18H21ClN4O3S/c1-20-27(25,26)15-4-2-3-12(9-15)10-21-18(24)16-11-22-23-17(16)13-5-7-14(19)8-6-13/h2-9,16-17,20,22-23H,10-11H2,1H3,(H,21,24). The van der Waals surface area contributed by atoms with Crippen LogP contribution in [0.25, 0.3) is 0 Å². The molecule has 4 N–H and O–H groups in total. The Morgan fingerprint density at radius 3 is 2.67 bits per heavy atom. The van der Waals surface area contributed by atoms with E-state index in [-0.39, 0.29) is 29.3 Å². The molecular formula is C18H21ClN4O3S. The van der Waals surface area contributed by atoms with Gasteiger partial charge in [0.1, 0.15) is 0 Å². The van der Waals surface area contributed by atoms with Crippen molar-refractivity contribution in [1.82, 2.24) is 20.9 Å². The Morgan fingerprint density at radius 2 is 1.96 bits per heavy atom. The lowest BCUT2D eigenvalue weighted by Crippen LogP contribution is -2.34. The maximum atomic E-state index is 12.7. The first-order valence-electron chi connectivity index (χ1n) is 8.45. The summed E-state index contributed by atoms with van der Waals surface area (Å²) in [6.45, 7) is 0.739. The quantitative estimate of drug-likeness (QED) is 0.578. The summed E-state index contributed by atoms with van der Waals surface area (Å²) in [7, 11) is -2.15. The van der Waals surface area contributed by atoms with Gasteiger partial charge in [-0.25, -0.2) is 18.6 Å². The van der Waals surface area contributed by atoms with Crippen molar-refractivity contribution in [2.45, 2.75) is 17.5 Å². The molecule has 1 amide bonds. The number of rotatable bonds is 6. The second-order valence-electron chi connectivity index (χ2n) is 6.23. The molecular weight excluding hydrogens is 388 g/mol. The topological polar surface area (TPSA) is 99.3 Å². The predicted molar refractivity (Wildman–Crippen MR) is 103 cm³/mol. The number of hydrogen-bond acceptors (Lipinski definition) is 5. The summed E-state index contributed by atoms with van der Waals surface area (Å²) >= 11 is 5.93. The highest BCUT2D eigenvalue weighted by Crippen LogP contribution is 2.26. The number of nitrogens with one attached hydrogen (secondary N) is 4. The summed E-state index contributed by atoms with van der Waals surface area (Å²) in [4.78, 5) is 12.8. The van der Waals surface area contributed by atoms with Crippen molar-refractivity contribution >= 4 is 27.5 Å². The van der Waals surface area contributed by atoms with E-state index in [4.69, 9.17) is 11.6 Å². The van der Waals surface area contributed by atoms with Gasteiger partial charge in [-0.15, -0.1) is 0 Å². The first-order chi connectivity index (χ1) is 12.9. The fourth-order valence-electron chi connectivity index (χ4n) is 2.99. The van der Waals surface area contributed by atoms with Gasteiger partial charge in [-0.05, 0) is 42.4 Å². The van der Waals surface area contributed by atoms with Crippen molar-refractivity contribution < 1.29 is 13.2 Å². The van der Waals surface area contributed by atoms with Crippen molar-refractivity contribution in [1.29, 1.82) is 0 Å². The third kappa shape index (κ3) is 4.66. The van der Waals surface area contributed by atoms with Gasteiger partial charge < -0.3 is 5.32 Å². The summed E-state index contributed by atoms with van der Waals surface area (Å²) < 4.78 is 26.1. The number of benzene rings is 2. The van der Waals surface area contributed by atoms with Crippen LogP contribution in [0.1, 0.15) is 17.2 Å². The van der Waals surface area contributed by atoms with Crippen LogP contribution in [0.3, 0.4) is 0 Å². The largest absolute Gasteiger partial charge is 0.352 e. The van der Waals surface area contributed by atoms with Crippen LogP contribution in [-0.4, -0.2) is 27.9 Å². The highest BCUT2D eigenvalue weighted by molar-refractivity contribution is 7.89. The molecule has 9 heteroatoms. The van der Waals surface area contributed by atoms with Gasteiger partial charge in [-0.3, -0.25) is 10.2 Å². The van der Waals surface area contributed by atoms with E-state index < -0.39 is 10.0 Å². The van der Waals surface area contributed by atoms with Gasteiger partial charge in [0.15, 0.2) is 0 Å². The van der Waals surface area contributed by atoms with Crippen molar-refractivity contribution in [3.63, 3.8) is 0 Å². The van der Waals surface area contributed by atoms with E-state index in [0.717, 1.165) is 5.56 Å². The number of hydrogen-bond donors (Lipinski definition) is 4. The smallest absolute Gasteiger partial charge is 0.240 e. The Hall–Kier alpha value is -1.97. The molecule has 2 aromatic carbocycles. The Labute approximate surface area is 163 Å². The van der Waals surface area contributed by atoms with Crippen LogP contribution in [0, 0.1) is 5.92 Å². The molecule has 0 radical (unpaired) electrons. The van der Waals surface area contributed by atoms with Crippen molar-refractivity contribution in [3.8, 4) is 0 Å². The number of amides is 1. The first kappa shape index (κ1) is 19.8. The van der Waals surface area contributed by atoms with E-state index in [1.807, 2.05) is 12.1 Å². The third-order valence-corrected chi connectivity index (χ3v) is 6.16. The monoisotopic (exact) mass is 408 g/mol. The van der Waals surface area contributed by atoms with Gasteiger partial charge in [0, 0.05) is 18.1 Å². The Kier molecular flexibility index (Phi) is 6.13. The molecule has 144 valence electrons. The second kappa shape index (κ2) is 8.37. The van der Waals surface area contributed by atoms with E-state index in [0.29, 0.717) is 17.1 Å². The van der Waals surface area contributed by atoms with Crippen molar-refractivity contribution in [3.05, 3.63) is 64.7 Å². The number of halogens is 1. The molecule has 0 spiro atoms. The van der Waals surface area contributed by atoms with Gasteiger partial charge in [-0.2, -0.15) is 0 Å². The lowest BCUT2D eigenvalue weighted by atomic mass is 9.94. The molecule has 1 fully saturated rings. The van der Waals surface area contributed by atoms with Crippen LogP contribution in [-0.2, 0) is 21.4 Å². The lowest BCUT2D eigenvalue weighted by Gasteiger charge is -2.18. The third-order valence-electron chi connectivity index (χ3n) is 4.49. The predicted octanol–water partition coefficient (Wildman–Crippen LogP) is 1.33. The van der Waals surface area contributed by atoms with Crippen LogP contribution in [0.15, 0.2) is 53.4 Å². The molecule has 1 saturated heterocycles. The summed E-state index contributed by atoms with van der Waals surface area (Å²) in [5.41, 5.74) is 7.81. The minimum absolute atomic E-state index is 0.116. The molecule has 0 saturated carbocycles. The molecule has 2 unspecified atom stereocenters. The molecule has 0 aromatic heterocycles. The number of carbonyl (C=O) groups is 1. The van der Waals surface area contributed by atoms with Crippen molar-refractivity contribution in [2.24, 2.45) is 5.92 Å². The number of hydrazine groups is 1. The Bertz CT molecular complexity index is 918. The van der Waals surface area contributed by atoms with Gasteiger partial charge in [0.2, 0.25) is 15.9 Å². The zero-order valence-corrected chi connectivity index (χ0v) is 16.3. The van der Waals surface area contributed by atoms with Crippen LogP contribution in [0.5, 0.6) is 0 Å². The van der Waals surface area contributed by atoms with Crippen molar-refractivity contribution in [2.75, 3.05) is 13.6 Å². The van der Waals surface area contributed by atoms with Gasteiger partial charge >= 0.3 is 0 Å². The second-order valence-corrected chi connectivity index (χ2v) is 8.56. The minimum atomic E-state index is -3.52. The highest BCUT2D eigenvalue weighted by Gasteiger charge is 2.33.